The standard InChI is InChI=1S/C25H46ClNO3/c1-2-3-6-10-24-11-9-12-25(15-13-24,16-14-24)23(28)27-18-20-30-22-21-29-19-8-5-4-7-17-26/h2-22H2,1H3,(H,27,28). The number of carbonyl (C=O) groups excluding carboxylic acids is 1. The summed E-state index contributed by atoms with van der Waals surface area (Å²) in [6, 6.07) is 0. The van der Waals surface area contributed by atoms with E-state index in [0.717, 1.165) is 44.6 Å². The summed E-state index contributed by atoms with van der Waals surface area (Å²) in [5.41, 5.74) is 0.444. The topological polar surface area (TPSA) is 47.6 Å². The van der Waals surface area contributed by atoms with Crippen LogP contribution in [-0.4, -0.2) is 44.8 Å². The molecule has 3 fully saturated rings. The zero-order valence-electron chi connectivity index (χ0n) is 19.5. The van der Waals surface area contributed by atoms with Crippen molar-refractivity contribution in [2.45, 2.75) is 103 Å². The Hall–Kier alpha value is -0.320. The smallest absolute Gasteiger partial charge is 0.226 e. The van der Waals surface area contributed by atoms with Gasteiger partial charge in [0.15, 0.2) is 0 Å². The van der Waals surface area contributed by atoms with Crippen molar-refractivity contribution in [3.63, 3.8) is 0 Å². The molecule has 2 bridgehead atoms. The molecule has 0 unspecified atom stereocenters. The first-order chi connectivity index (χ1) is 14.7. The second kappa shape index (κ2) is 14.7. The third-order valence-corrected chi connectivity index (χ3v) is 7.77. The maximum absolute atomic E-state index is 13.0. The average Bonchev–Trinajstić information content (AvgIpc) is 3.06. The number of hydrogen-bond donors (Lipinski definition) is 1. The second-order valence-electron chi connectivity index (χ2n) is 9.67. The van der Waals surface area contributed by atoms with E-state index in [-0.39, 0.29) is 11.3 Å². The molecule has 1 N–H and O–H groups in total. The van der Waals surface area contributed by atoms with E-state index in [1.165, 1.54) is 64.2 Å². The number of fused-ring (bicyclic) bond motifs is 4. The van der Waals surface area contributed by atoms with Crippen LogP contribution in [0.5, 0.6) is 0 Å². The fourth-order valence-electron chi connectivity index (χ4n) is 5.42. The van der Waals surface area contributed by atoms with Gasteiger partial charge in [-0.3, -0.25) is 4.79 Å². The lowest BCUT2D eigenvalue weighted by Gasteiger charge is -2.42. The van der Waals surface area contributed by atoms with Crippen LogP contribution in [0, 0.1) is 10.8 Å². The predicted molar refractivity (Wildman–Crippen MR) is 125 cm³/mol. The van der Waals surface area contributed by atoms with Crippen molar-refractivity contribution in [2.24, 2.45) is 10.8 Å². The minimum atomic E-state index is -0.0999. The molecule has 3 aliphatic rings. The van der Waals surface area contributed by atoms with Crippen molar-refractivity contribution >= 4 is 17.5 Å². The molecule has 0 spiro atoms. The highest BCUT2D eigenvalue weighted by Crippen LogP contribution is 2.56. The summed E-state index contributed by atoms with van der Waals surface area (Å²) < 4.78 is 11.2. The maximum Gasteiger partial charge on any atom is 0.226 e. The van der Waals surface area contributed by atoms with Crippen LogP contribution in [0.2, 0.25) is 0 Å². The molecule has 0 radical (unpaired) electrons. The predicted octanol–water partition coefficient (Wildman–Crippen LogP) is 6.25. The Bertz CT molecular complexity index is 463. The molecule has 0 atom stereocenters. The van der Waals surface area contributed by atoms with Gasteiger partial charge < -0.3 is 14.8 Å². The van der Waals surface area contributed by atoms with Crippen LogP contribution in [0.4, 0.5) is 0 Å². The van der Waals surface area contributed by atoms with Crippen LogP contribution in [-0.2, 0) is 14.3 Å². The third-order valence-electron chi connectivity index (χ3n) is 7.50. The Morgan fingerprint density at radius 1 is 0.833 bits per heavy atom. The van der Waals surface area contributed by atoms with Gasteiger partial charge in [0, 0.05) is 24.4 Å². The summed E-state index contributed by atoms with van der Waals surface area (Å²) in [5, 5.41) is 3.18. The van der Waals surface area contributed by atoms with E-state index in [2.05, 4.69) is 12.2 Å². The molecule has 176 valence electrons. The maximum atomic E-state index is 13.0. The van der Waals surface area contributed by atoms with E-state index in [1.54, 1.807) is 0 Å². The molecule has 3 saturated carbocycles. The van der Waals surface area contributed by atoms with Gasteiger partial charge in [-0.1, -0.05) is 45.4 Å². The number of carbonyl (C=O) groups is 1. The molecule has 0 saturated heterocycles. The van der Waals surface area contributed by atoms with Gasteiger partial charge >= 0.3 is 0 Å². The molecular formula is C25H46ClNO3. The molecule has 3 rings (SSSR count). The van der Waals surface area contributed by atoms with E-state index < -0.39 is 0 Å². The third kappa shape index (κ3) is 8.67. The normalized spacial score (nSPS) is 25.9. The zero-order chi connectivity index (χ0) is 21.5. The summed E-state index contributed by atoms with van der Waals surface area (Å²) >= 11 is 5.67. The fraction of sp³-hybridized carbons (Fsp3) is 0.960. The van der Waals surface area contributed by atoms with E-state index in [9.17, 15) is 4.79 Å². The Labute approximate surface area is 190 Å². The van der Waals surface area contributed by atoms with Crippen LogP contribution < -0.4 is 5.32 Å². The lowest BCUT2D eigenvalue weighted by atomic mass is 9.63. The Kier molecular flexibility index (Phi) is 12.7. The van der Waals surface area contributed by atoms with Crippen LogP contribution in [0.1, 0.15) is 103 Å². The minimum Gasteiger partial charge on any atom is -0.379 e. The lowest BCUT2D eigenvalue weighted by Crippen LogP contribution is -2.44. The second-order valence-corrected chi connectivity index (χ2v) is 10.1. The molecule has 0 heterocycles. The van der Waals surface area contributed by atoms with Gasteiger partial charge in [-0.25, -0.2) is 0 Å². The van der Waals surface area contributed by atoms with Gasteiger partial charge in [0.25, 0.3) is 0 Å². The summed E-state index contributed by atoms with van der Waals surface area (Å²) in [6.07, 6.45) is 18.3. The monoisotopic (exact) mass is 443 g/mol. The Morgan fingerprint density at radius 2 is 1.57 bits per heavy atom. The molecule has 0 aromatic carbocycles. The molecule has 5 heteroatoms. The molecule has 0 aliphatic heterocycles. The van der Waals surface area contributed by atoms with Crippen LogP contribution in [0.25, 0.3) is 0 Å². The number of rotatable bonds is 17. The minimum absolute atomic E-state index is 0.0999. The lowest BCUT2D eigenvalue weighted by molar-refractivity contribution is -0.134. The highest BCUT2D eigenvalue weighted by molar-refractivity contribution is 6.17. The highest BCUT2D eigenvalue weighted by atomic mass is 35.5. The number of nitrogens with one attached hydrogen (secondary N) is 1. The largest absolute Gasteiger partial charge is 0.379 e. The van der Waals surface area contributed by atoms with Gasteiger partial charge in [-0.15, -0.1) is 11.6 Å². The number of amides is 1. The summed E-state index contributed by atoms with van der Waals surface area (Å²) in [6.45, 7) is 5.49. The molecule has 0 aromatic rings. The SMILES string of the molecule is CCCCCC12CCCC(C(=O)NCCOCCOCCCCCCCl)(CC1)CC2. The first kappa shape index (κ1) is 25.9. The van der Waals surface area contributed by atoms with Gasteiger partial charge in [-0.05, 0) is 63.2 Å². The Balaban J connectivity index is 1.53. The average molecular weight is 444 g/mol. The molecule has 0 aromatic heterocycles. The van der Waals surface area contributed by atoms with Crippen molar-refractivity contribution in [2.75, 3.05) is 38.9 Å². The van der Waals surface area contributed by atoms with E-state index >= 15 is 0 Å². The quantitative estimate of drug-likeness (QED) is 0.213. The molecule has 3 aliphatic carbocycles. The molecular weight excluding hydrogens is 398 g/mol. The van der Waals surface area contributed by atoms with Crippen LogP contribution in [0.3, 0.4) is 0 Å². The summed E-state index contributed by atoms with van der Waals surface area (Å²) in [4.78, 5) is 13.0. The number of ether oxygens (including phenoxy) is 2. The number of halogens is 1. The van der Waals surface area contributed by atoms with Crippen molar-refractivity contribution in [3.8, 4) is 0 Å². The van der Waals surface area contributed by atoms with Gasteiger partial charge in [-0.2, -0.15) is 0 Å². The Morgan fingerprint density at radius 3 is 2.30 bits per heavy atom. The van der Waals surface area contributed by atoms with E-state index in [1.807, 2.05) is 0 Å². The van der Waals surface area contributed by atoms with Crippen molar-refractivity contribution in [3.05, 3.63) is 0 Å². The molecule has 30 heavy (non-hydrogen) atoms. The summed E-state index contributed by atoms with van der Waals surface area (Å²) in [7, 11) is 0. The number of unbranched alkanes of at least 4 members (excludes halogenated alkanes) is 5. The van der Waals surface area contributed by atoms with Gasteiger partial charge in [0.05, 0.1) is 19.8 Å². The van der Waals surface area contributed by atoms with Gasteiger partial charge in [0.2, 0.25) is 5.91 Å². The first-order valence-electron chi connectivity index (χ1n) is 12.7. The highest BCUT2D eigenvalue weighted by Gasteiger charge is 2.48. The van der Waals surface area contributed by atoms with E-state index in [4.69, 9.17) is 21.1 Å². The van der Waals surface area contributed by atoms with Crippen molar-refractivity contribution < 1.29 is 14.3 Å². The fourth-order valence-corrected chi connectivity index (χ4v) is 5.61. The van der Waals surface area contributed by atoms with Crippen molar-refractivity contribution in [1.82, 2.24) is 5.32 Å². The van der Waals surface area contributed by atoms with Gasteiger partial charge in [0.1, 0.15) is 0 Å². The zero-order valence-corrected chi connectivity index (χ0v) is 20.2. The number of hydrogen-bond acceptors (Lipinski definition) is 3. The van der Waals surface area contributed by atoms with Crippen LogP contribution in [0.15, 0.2) is 0 Å². The molecule has 1 amide bonds. The van der Waals surface area contributed by atoms with E-state index in [0.29, 0.717) is 31.8 Å². The first-order valence-corrected chi connectivity index (χ1v) is 13.2. The summed E-state index contributed by atoms with van der Waals surface area (Å²) in [5.74, 6) is 1.04. The number of alkyl halides is 1. The van der Waals surface area contributed by atoms with Crippen LogP contribution >= 0.6 is 11.6 Å². The van der Waals surface area contributed by atoms with Crippen molar-refractivity contribution in [1.29, 1.82) is 0 Å². The molecule has 4 nitrogen and oxygen atoms in total.